The predicted molar refractivity (Wildman–Crippen MR) is 67.5 cm³/mol. The number of unbranched alkanes of at least 4 members (excludes halogenated alkanes) is 2. The van der Waals surface area contributed by atoms with Gasteiger partial charge in [0.25, 0.3) is 5.97 Å². The van der Waals surface area contributed by atoms with Gasteiger partial charge in [-0.15, -0.1) is 0 Å². The third-order valence-electron chi connectivity index (χ3n) is 1.88. The molecular weight excluding hydrogens is 220 g/mol. The van der Waals surface area contributed by atoms with Crippen LogP contribution in [0.1, 0.15) is 52.9 Å². The topological polar surface area (TPSA) is 63.6 Å². The van der Waals surface area contributed by atoms with Crippen LogP contribution >= 0.6 is 0 Å². The summed E-state index contributed by atoms with van der Waals surface area (Å²) in [4.78, 5) is 19.8. The van der Waals surface area contributed by atoms with E-state index < -0.39 is 5.97 Å². The van der Waals surface area contributed by atoms with Crippen LogP contribution < -0.4 is 0 Å². The van der Waals surface area contributed by atoms with Gasteiger partial charge in [0, 0.05) is 13.3 Å². The van der Waals surface area contributed by atoms with E-state index in [1.807, 2.05) is 0 Å². The molecule has 0 bridgehead atoms. The highest BCUT2D eigenvalue weighted by Gasteiger charge is 2.00. The van der Waals surface area contributed by atoms with Crippen molar-refractivity contribution >= 4 is 11.9 Å². The fraction of sp³-hybridized carbons (Fsp3) is 0.692. The molecule has 0 atom stereocenters. The summed E-state index contributed by atoms with van der Waals surface area (Å²) in [5.74, 6) is -0.236. The number of rotatable bonds is 7. The van der Waals surface area contributed by atoms with Crippen LogP contribution in [-0.2, 0) is 14.3 Å². The fourth-order valence-corrected chi connectivity index (χ4v) is 1.15. The van der Waals surface area contributed by atoms with Crippen LogP contribution in [-0.4, -0.2) is 17.0 Å². The summed E-state index contributed by atoms with van der Waals surface area (Å²) in [7, 11) is 0. The first-order valence-corrected chi connectivity index (χ1v) is 5.90. The maximum Gasteiger partial charge on any atom is 0.310 e. The van der Waals surface area contributed by atoms with Crippen molar-refractivity contribution in [3.63, 3.8) is 0 Å². The molecule has 4 heteroatoms. The molecule has 0 aliphatic rings. The number of carboxylic acid groups (broad SMARTS) is 1. The molecule has 0 unspecified atom stereocenters. The maximum absolute atomic E-state index is 10.8. The maximum atomic E-state index is 10.8. The first-order valence-electron chi connectivity index (χ1n) is 5.90. The number of esters is 1. The van der Waals surface area contributed by atoms with E-state index in [-0.39, 0.29) is 5.97 Å². The highest BCUT2D eigenvalue weighted by atomic mass is 16.5. The molecular formula is C13H24O4. The van der Waals surface area contributed by atoms with Crippen molar-refractivity contribution in [3.8, 4) is 0 Å². The minimum Gasteiger partial charge on any atom is -0.481 e. The van der Waals surface area contributed by atoms with Crippen molar-refractivity contribution in [2.75, 3.05) is 0 Å². The van der Waals surface area contributed by atoms with Gasteiger partial charge >= 0.3 is 5.97 Å². The number of aliphatic carboxylic acids is 1. The van der Waals surface area contributed by atoms with Crippen molar-refractivity contribution in [2.45, 2.75) is 52.9 Å². The molecule has 0 aromatic heterocycles. The van der Waals surface area contributed by atoms with E-state index in [2.05, 4.69) is 25.2 Å². The Bertz CT molecular complexity index is 217. The third kappa shape index (κ3) is 25.2. The normalized spacial score (nSPS) is 9.18. The summed E-state index contributed by atoms with van der Waals surface area (Å²) < 4.78 is 4.59. The Morgan fingerprint density at radius 2 is 1.82 bits per heavy atom. The van der Waals surface area contributed by atoms with E-state index in [0.717, 1.165) is 25.7 Å². The lowest BCUT2D eigenvalue weighted by molar-refractivity contribution is -0.138. The van der Waals surface area contributed by atoms with Crippen molar-refractivity contribution in [2.24, 2.45) is 5.92 Å². The quantitative estimate of drug-likeness (QED) is 0.423. The number of hydrogen-bond acceptors (Lipinski definition) is 3. The molecule has 4 nitrogen and oxygen atoms in total. The van der Waals surface area contributed by atoms with Gasteiger partial charge in [-0.2, -0.15) is 0 Å². The molecule has 0 aromatic rings. The molecule has 0 radical (unpaired) electrons. The molecule has 0 fully saturated rings. The van der Waals surface area contributed by atoms with Gasteiger partial charge in [-0.25, -0.2) is 0 Å². The molecule has 1 N–H and O–H groups in total. The van der Waals surface area contributed by atoms with E-state index in [1.54, 1.807) is 0 Å². The molecule has 0 spiro atoms. The molecule has 17 heavy (non-hydrogen) atoms. The minimum absolute atomic E-state index is 0.167. The summed E-state index contributed by atoms with van der Waals surface area (Å²) in [6.45, 7) is 8.84. The van der Waals surface area contributed by atoms with Crippen LogP contribution in [0.15, 0.2) is 12.8 Å². The predicted octanol–water partition coefficient (Wildman–Crippen LogP) is 3.37. The fourth-order valence-electron chi connectivity index (χ4n) is 1.15. The summed E-state index contributed by atoms with van der Waals surface area (Å²) >= 11 is 0. The van der Waals surface area contributed by atoms with Crippen LogP contribution in [0.2, 0.25) is 0 Å². The average Bonchev–Trinajstić information content (AvgIpc) is 2.16. The molecule has 0 heterocycles. The third-order valence-corrected chi connectivity index (χ3v) is 1.88. The number of ether oxygens (including phenoxy) is 1. The van der Waals surface area contributed by atoms with E-state index in [0.29, 0.717) is 6.42 Å². The van der Waals surface area contributed by atoms with Crippen LogP contribution in [0.5, 0.6) is 0 Å². The average molecular weight is 244 g/mol. The zero-order valence-corrected chi connectivity index (χ0v) is 11.1. The highest BCUT2D eigenvalue weighted by molar-refractivity contribution is 5.69. The second-order valence-electron chi connectivity index (χ2n) is 4.17. The highest BCUT2D eigenvalue weighted by Crippen LogP contribution is 2.09. The molecule has 100 valence electrons. The lowest BCUT2D eigenvalue weighted by Crippen LogP contribution is -1.98. The van der Waals surface area contributed by atoms with Crippen LogP contribution in [0.4, 0.5) is 0 Å². The van der Waals surface area contributed by atoms with E-state index in [9.17, 15) is 4.79 Å². The number of carbonyl (C=O) groups excluding carboxylic acids is 1. The molecule has 0 aliphatic heterocycles. The van der Waals surface area contributed by atoms with Crippen LogP contribution in [0.25, 0.3) is 0 Å². The Kier molecular flexibility index (Phi) is 13.5. The lowest BCUT2D eigenvalue weighted by atomic mass is 10.0. The molecule has 0 rings (SSSR count). The number of hydrogen-bond donors (Lipinski definition) is 1. The summed E-state index contributed by atoms with van der Waals surface area (Å²) in [6, 6.07) is 0. The second-order valence-corrected chi connectivity index (χ2v) is 4.17. The lowest BCUT2D eigenvalue weighted by Gasteiger charge is -2.03. The monoisotopic (exact) mass is 244 g/mol. The zero-order chi connectivity index (χ0) is 13.7. The molecule has 0 saturated carbocycles. The summed E-state index contributed by atoms with van der Waals surface area (Å²) in [5, 5.41) is 7.42. The minimum atomic E-state index is -0.833. The van der Waals surface area contributed by atoms with Crippen molar-refractivity contribution in [1.29, 1.82) is 0 Å². The van der Waals surface area contributed by atoms with Gasteiger partial charge < -0.3 is 9.84 Å². The summed E-state index contributed by atoms with van der Waals surface area (Å²) in [5.41, 5.74) is 0. The van der Waals surface area contributed by atoms with E-state index >= 15 is 0 Å². The standard InChI is InChI=1S/C11H20O2.C2H4O2/c1-4-13-11(12)9-7-5-6-8-10(2)3;1-2(3)4/h4,10H,1,5-9H2,2-3H3;1H3,(H,3,4). The Morgan fingerprint density at radius 1 is 1.29 bits per heavy atom. The van der Waals surface area contributed by atoms with Gasteiger partial charge in [-0.05, 0) is 12.3 Å². The second kappa shape index (κ2) is 12.7. The molecule has 0 aromatic carbocycles. The van der Waals surface area contributed by atoms with Gasteiger partial charge in [0.1, 0.15) is 0 Å². The Balaban J connectivity index is 0. The van der Waals surface area contributed by atoms with Crippen molar-refractivity contribution < 1.29 is 19.4 Å². The van der Waals surface area contributed by atoms with Gasteiger partial charge in [0.05, 0.1) is 6.26 Å². The molecule has 0 saturated heterocycles. The van der Waals surface area contributed by atoms with Gasteiger partial charge in [0.15, 0.2) is 0 Å². The Morgan fingerprint density at radius 3 is 2.24 bits per heavy atom. The number of carboxylic acids is 1. The van der Waals surface area contributed by atoms with Crippen molar-refractivity contribution in [3.05, 3.63) is 12.8 Å². The molecule has 0 amide bonds. The number of carbonyl (C=O) groups is 2. The van der Waals surface area contributed by atoms with Crippen molar-refractivity contribution in [1.82, 2.24) is 0 Å². The smallest absolute Gasteiger partial charge is 0.310 e. The first kappa shape index (κ1) is 18.1. The first-order chi connectivity index (χ1) is 7.90. The van der Waals surface area contributed by atoms with Crippen LogP contribution in [0.3, 0.4) is 0 Å². The summed E-state index contributed by atoms with van der Waals surface area (Å²) in [6.07, 6.45) is 6.21. The largest absolute Gasteiger partial charge is 0.481 e. The van der Waals surface area contributed by atoms with E-state index in [4.69, 9.17) is 9.90 Å². The van der Waals surface area contributed by atoms with Gasteiger partial charge in [-0.1, -0.05) is 39.7 Å². The Labute approximate surface area is 104 Å². The van der Waals surface area contributed by atoms with Crippen LogP contribution in [0, 0.1) is 5.92 Å². The molecule has 0 aliphatic carbocycles. The van der Waals surface area contributed by atoms with Gasteiger partial charge in [-0.3, -0.25) is 9.59 Å². The SMILES string of the molecule is C=COC(=O)CCCCCC(C)C.CC(=O)O. The van der Waals surface area contributed by atoms with E-state index in [1.165, 1.54) is 19.1 Å². The van der Waals surface area contributed by atoms with Gasteiger partial charge in [0.2, 0.25) is 0 Å². The Hall–Kier alpha value is -1.32. The zero-order valence-electron chi connectivity index (χ0n) is 11.1.